The molecular formula is C14H15F2N5O. The van der Waals surface area contributed by atoms with Gasteiger partial charge in [0.15, 0.2) is 0 Å². The number of hydrogen-bond donors (Lipinski definition) is 1. The monoisotopic (exact) mass is 307 g/mol. The lowest BCUT2D eigenvalue weighted by Crippen LogP contribution is -2.33. The van der Waals surface area contributed by atoms with Crippen molar-refractivity contribution in [3.05, 3.63) is 41.5 Å². The van der Waals surface area contributed by atoms with Crippen LogP contribution in [0.1, 0.15) is 24.2 Å². The van der Waals surface area contributed by atoms with Crippen molar-refractivity contribution in [3.63, 3.8) is 0 Å². The highest BCUT2D eigenvalue weighted by atomic mass is 19.1. The van der Waals surface area contributed by atoms with Crippen LogP contribution in [0.15, 0.2) is 24.3 Å². The zero-order valence-electron chi connectivity index (χ0n) is 12.2. The van der Waals surface area contributed by atoms with Crippen LogP contribution in [-0.4, -0.2) is 44.5 Å². The molecule has 1 aromatic carbocycles. The van der Waals surface area contributed by atoms with E-state index in [0.717, 1.165) is 17.7 Å². The Bertz CT molecular complexity index is 676. The molecule has 2 rings (SSSR count). The Kier molecular flexibility index (Phi) is 4.59. The summed E-state index contributed by atoms with van der Waals surface area (Å²) in [6, 6.07) is 2.02. The smallest absolute Gasteiger partial charge is 0.260 e. The van der Waals surface area contributed by atoms with Crippen LogP contribution in [0.25, 0.3) is 11.4 Å². The van der Waals surface area contributed by atoms with Crippen molar-refractivity contribution in [2.45, 2.75) is 13.8 Å². The van der Waals surface area contributed by atoms with E-state index >= 15 is 0 Å². The molecule has 0 atom stereocenters. The van der Waals surface area contributed by atoms with Gasteiger partial charge in [0.05, 0.1) is 0 Å². The van der Waals surface area contributed by atoms with E-state index in [4.69, 9.17) is 0 Å². The minimum absolute atomic E-state index is 0.0473. The lowest BCUT2D eigenvalue weighted by atomic mass is 10.1. The predicted molar refractivity (Wildman–Crippen MR) is 75.9 cm³/mol. The number of rotatable bonds is 5. The summed E-state index contributed by atoms with van der Waals surface area (Å²) in [6.07, 6.45) is 0. The maximum atomic E-state index is 14.2. The molecule has 0 unspecified atom stereocenters. The zero-order chi connectivity index (χ0) is 16.3. The molecule has 0 spiro atoms. The quantitative estimate of drug-likeness (QED) is 0.859. The maximum Gasteiger partial charge on any atom is 0.260 e. The first-order valence-corrected chi connectivity index (χ1v) is 6.60. The number of nitrogens with one attached hydrogen (secondary N) is 1. The summed E-state index contributed by atoms with van der Waals surface area (Å²) in [5, 5.41) is 12.8. The fraction of sp³-hybridized carbons (Fsp3) is 0.286. The van der Waals surface area contributed by atoms with Crippen LogP contribution < -0.4 is 0 Å². The van der Waals surface area contributed by atoms with E-state index in [1.54, 1.807) is 13.8 Å². The summed E-state index contributed by atoms with van der Waals surface area (Å²) in [4.78, 5) is 13.6. The van der Waals surface area contributed by atoms with Crippen LogP contribution in [0, 0.1) is 11.6 Å². The molecule has 1 N–H and O–H groups in total. The van der Waals surface area contributed by atoms with Gasteiger partial charge in [0, 0.05) is 18.7 Å². The minimum Gasteiger partial charge on any atom is -0.335 e. The number of likely N-dealkylation sites (N-methyl/N-ethyl adjacent to an activating group) is 1. The fourth-order valence-electron chi connectivity index (χ4n) is 2.00. The third-order valence-corrected chi connectivity index (χ3v) is 2.99. The summed E-state index contributed by atoms with van der Waals surface area (Å²) in [5.41, 5.74) is 0.220. The number of H-pyrrole nitrogens is 1. The molecule has 0 aliphatic heterocycles. The number of benzene rings is 1. The molecule has 0 saturated carbocycles. The maximum absolute atomic E-state index is 14.2. The Morgan fingerprint density at radius 1 is 1.36 bits per heavy atom. The highest BCUT2D eigenvalue weighted by molar-refractivity contribution is 5.95. The summed E-state index contributed by atoms with van der Waals surface area (Å²) in [6.45, 7) is 7.72. The van der Waals surface area contributed by atoms with Crippen molar-refractivity contribution in [2.75, 3.05) is 13.1 Å². The van der Waals surface area contributed by atoms with Gasteiger partial charge in [-0.1, -0.05) is 12.2 Å². The second-order valence-electron chi connectivity index (χ2n) is 4.83. The molecule has 0 bridgehead atoms. The molecule has 2 aromatic rings. The van der Waals surface area contributed by atoms with E-state index in [2.05, 4.69) is 27.2 Å². The van der Waals surface area contributed by atoms with Crippen molar-refractivity contribution in [3.8, 4) is 11.4 Å². The van der Waals surface area contributed by atoms with Crippen molar-refractivity contribution in [1.29, 1.82) is 0 Å². The summed E-state index contributed by atoms with van der Waals surface area (Å²) >= 11 is 0. The molecule has 22 heavy (non-hydrogen) atoms. The van der Waals surface area contributed by atoms with Crippen molar-refractivity contribution >= 4 is 5.91 Å². The Morgan fingerprint density at radius 2 is 2.00 bits per heavy atom. The molecule has 8 heteroatoms. The number of nitrogens with zero attached hydrogens (tertiary/aromatic N) is 4. The number of carbonyl (C=O) groups excluding carboxylic acids is 1. The zero-order valence-corrected chi connectivity index (χ0v) is 12.2. The highest BCUT2D eigenvalue weighted by Crippen LogP contribution is 2.22. The number of hydrogen-bond acceptors (Lipinski definition) is 4. The highest BCUT2D eigenvalue weighted by Gasteiger charge is 2.24. The van der Waals surface area contributed by atoms with Crippen LogP contribution in [-0.2, 0) is 0 Å². The van der Waals surface area contributed by atoms with Crippen molar-refractivity contribution in [2.24, 2.45) is 0 Å². The van der Waals surface area contributed by atoms with E-state index in [-0.39, 0.29) is 17.9 Å². The molecule has 1 aromatic heterocycles. The largest absolute Gasteiger partial charge is 0.335 e. The average Bonchev–Trinajstić information content (AvgIpc) is 2.97. The summed E-state index contributed by atoms with van der Waals surface area (Å²) in [5.74, 6) is -2.61. The molecule has 1 heterocycles. The second-order valence-corrected chi connectivity index (χ2v) is 4.83. The molecular weight excluding hydrogens is 292 g/mol. The normalized spacial score (nSPS) is 10.5. The third kappa shape index (κ3) is 3.16. The van der Waals surface area contributed by atoms with Gasteiger partial charge in [0.25, 0.3) is 5.91 Å². The number of amides is 1. The summed E-state index contributed by atoms with van der Waals surface area (Å²) < 4.78 is 28.4. The molecule has 1 amide bonds. The van der Waals surface area contributed by atoms with Gasteiger partial charge < -0.3 is 4.90 Å². The number of carbonyl (C=O) groups is 1. The van der Waals surface area contributed by atoms with Gasteiger partial charge in [-0.2, -0.15) is 5.21 Å². The fourth-order valence-corrected chi connectivity index (χ4v) is 2.00. The lowest BCUT2D eigenvalue weighted by molar-refractivity contribution is 0.0768. The SMILES string of the molecule is C=C(C)CN(CC)C(=O)c1c(F)cc(-c2nn[nH]n2)cc1F. The van der Waals surface area contributed by atoms with E-state index in [1.165, 1.54) is 4.90 Å². The van der Waals surface area contributed by atoms with Crippen LogP contribution in [0.2, 0.25) is 0 Å². The number of aromatic amines is 1. The van der Waals surface area contributed by atoms with E-state index < -0.39 is 23.1 Å². The second kappa shape index (κ2) is 6.42. The number of aromatic nitrogens is 4. The van der Waals surface area contributed by atoms with Gasteiger partial charge >= 0.3 is 0 Å². The average molecular weight is 307 g/mol. The first kappa shape index (κ1) is 15.7. The number of tetrazole rings is 1. The van der Waals surface area contributed by atoms with Crippen LogP contribution in [0.4, 0.5) is 8.78 Å². The first-order chi connectivity index (χ1) is 10.4. The first-order valence-electron chi connectivity index (χ1n) is 6.60. The summed E-state index contributed by atoms with van der Waals surface area (Å²) in [7, 11) is 0. The standard InChI is InChI=1S/C14H15F2N5O/c1-4-21(7-8(2)3)14(22)12-10(15)5-9(6-11(12)16)13-17-19-20-18-13/h5-6H,2,4,7H2,1,3H3,(H,17,18,19,20). The Hall–Kier alpha value is -2.64. The molecule has 116 valence electrons. The van der Waals surface area contributed by atoms with E-state index in [0.29, 0.717) is 6.54 Å². The van der Waals surface area contributed by atoms with Crippen LogP contribution in [0.3, 0.4) is 0 Å². The van der Waals surface area contributed by atoms with Crippen molar-refractivity contribution in [1.82, 2.24) is 25.5 Å². The Balaban J connectivity index is 2.39. The predicted octanol–water partition coefficient (Wildman–Crippen LogP) is 2.18. The van der Waals surface area contributed by atoms with Gasteiger partial charge in [-0.3, -0.25) is 4.79 Å². The van der Waals surface area contributed by atoms with Crippen LogP contribution in [0.5, 0.6) is 0 Å². The van der Waals surface area contributed by atoms with Crippen molar-refractivity contribution < 1.29 is 13.6 Å². The van der Waals surface area contributed by atoms with E-state index in [1.807, 2.05) is 0 Å². The Labute approximate surface area is 125 Å². The molecule has 0 radical (unpaired) electrons. The van der Waals surface area contributed by atoms with Gasteiger partial charge in [0.2, 0.25) is 5.82 Å². The van der Waals surface area contributed by atoms with Gasteiger partial charge in [-0.05, 0) is 31.2 Å². The molecule has 0 fully saturated rings. The molecule has 0 aliphatic carbocycles. The number of halogens is 2. The van der Waals surface area contributed by atoms with Gasteiger partial charge in [0.1, 0.15) is 17.2 Å². The van der Waals surface area contributed by atoms with Gasteiger partial charge in [-0.15, -0.1) is 10.2 Å². The van der Waals surface area contributed by atoms with Crippen LogP contribution >= 0.6 is 0 Å². The molecule has 6 nitrogen and oxygen atoms in total. The minimum atomic E-state index is -0.968. The molecule has 0 saturated heterocycles. The van der Waals surface area contributed by atoms with E-state index in [9.17, 15) is 13.6 Å². The third-order valence-electron chi connectivity index (χ3n) is 2.99. The Morgan fingerprint density at radius 3 is 2.45 bits per heavy atom. The topological polar surface area (TPSA) is 74.8 Å². The lowest BCUT2D eigenvalue weighted by Gasteiger charge is -2.21. The molecule has 0 aliphatic rings. The van der Waals surface area contributed by atoms with Gasteiger partial charge in [-0.25, -0.2) is 8.78 Å².